The van der Waals surface area contributed by atoms with Crippen molar-refractivity contribution in [1.82, 2.24) is 29.7 Å². The molecule has 42 heavy (non-hydrogen) atoms. The van der Waals surface area contributed by atoms with E-state index in [1.807, 2.05) is 20.8 Å². The topological polar surface area (TPSA) is 162 Å². The summed E-state index contributed by atoms with van der Waals surface area (Å²) in [5.41, 5.74) is 1.45. The number of aromatic amines is 1. The van der Waals surface area contributed by atoms with Crippen LogP contribution in [0.5, 0.6) is 0 Å². The first-order valence-corrected chi connectivity index (χ1v) is 13.8. The average Bonchev–Trinajstić information content (AvgIpc) is 3.35. The Bertz CT molecular complexity index is 1530. The molecular weight excluding hydrogens is 545 g/mol. The number of halogens is 1. The number of imidazole rings is 1. The standard InChI is InChI=1S/C29H38FN7O5/c1-6-9-18-12-13-21(32-27(39)20(33-29(41)42)10-7-8-11-24(38)36(4)5)28(40)37(18)16-23-34-25-19(30)15-31-22(14-17(2)3)26(25)35-23/h8,11-13,15,17,20,33H,6-7,9-10,14,16H2,1-5H3,(H,32,39)(H,34,35)(H,41,42). The van der Waals surface area contributed by atoms with Gasteiger partial charge in [-0.25, -0.2) is 14.2 Å². The molecule has 0 bridgehead atoms. The van der Waals surface area contributed by atoms with E-state index in [0.29, 0.717) is 35.6 Å². The summed E-state index contributed by atoms with van der Waals surface area (Å²) in [5, 5.41) is 14.0. The Balaban J connectivity index is 1.89. The molecule has 0 aromatic carbocycles. The fourth-order valence-electron chi connectivity index (χ4n) is 4.42. The first-order chi connectivity index (χ1) is 19.9. The molecule has 0 aliphatic carbocycles. The summed E-state index contributed by atoms with van der Waals surface area (Å²) in [4.78, 5) is 62.8. The SMILES string of the molecule is CCCc1ccc(NC(=O)C(CCC=CC(=O)N(C)C)NC(=O)O)c(=O)n1Cc1nc2c(F)cnc(CC(C)C)c2[nH]1. The van der Waals surface area contributed by atoms with E-state index in [1.54, 1.807) is 26.2 Å². The number of pyridine rings is 2. The van der Waals surface area contributed by atoms with Crippen molar-refractivity contribution >= 4 is 34.6 Å². The second-order valence-electron chi connectivity index (χ2n) is 10.6. The van der Waals surface area contributed by atoms with Crippen LogP contribution in [-0.2, 0) is 29.0 Å². The number of hydrogen-bond acceptors (Lipinski definition) is 6. The molecule has 3 aromatic rings. The highest BCUT2D eigenvalue weighted by Crippen LogP contribution is 2.21. The quantitative estimate of drug-likeness (QED) is 0.224. The van der Waals surface area contributed by atoms with E-state index >= 15 is 0 Å². The number of amides is 3. The summed E-state index contributed by atoms with van der Waals surface area (Å²) < 4.78 is 16.0. The molecule has 226 valence electrons. The van der Waals surface area contributed by atoms with Gasteiger partial charge in [-0.2, -0.15) is 0 Å². The zero-order valence-electron chi connectivity index (χ0n) is 24.5. The predicted molar refractivity (Wildman–Crippen MR) is 157 cm³/mol. The normalized spacial score (nSPS) is 12.2. The third-order valence-electron chi connectivity index (χ3n) is 6.48. The highest BCUT2D eigenvalue weighted by molar-refractivity contribution is 5.96. The van der Waals surface area contributed by atoms with Crippen LogP contribution in [-0.4, -0.2) is 67.6 Å². The Labute approximate surface area is 243 Å². The molecule has 0 fully saturated rings. The number of H-pyrrole nitrogens is 1. The lowest BCUT2D eigenvalue weighted by Gasteiger charge is -2.18. The van der Waals surface area contributed by atoms with E-state index < -0.39 is 29.4 Å². The first-order valence-electron chi connectivity index (χ1n) is 13.8. The minimum Gasteiger partial charge on any atom is -0.465 e. The van der Waals surface area contributed by atoms with Crippen LogP contribution < -0.4 is 16.2 Å². The molecule has 13 heteroatoms. The minimum absolute atomic E-state index is 0.00534. The van der Waals surface area contributed by atoms with E-state index in [2.05, 4.69) is 25.6 Å². The molecule has 3 amide bonds. The molecule has 0 aliphatic rings. The summed E-state index contributed by atoms with van der Waals surface area (Å²) >= 11 is 0. The number of fused-ring (bicyclic) bond motifs is 1. The number of nitrogens with zero attached hydrogens (tertiary/aromatic N) is 4. The van der Waals surface area contributed by atoms with Gasteiger partial charge in [0.25, 0.3) is 5.56 Å². The molecule has 0 saturated carbocycles. The van der Waals surface area contributed by atoms with Crippen LogP contribution in [0.15, 0.2) is 35.3 Å². The summed E-state index contributed by atoms with van der Waals surface area (Å²) in [5.74, 6) is -0.885. The number of carboxylic acid groups (broad SMARTS) is 1. The number of aromatic nitrogens is 4. The molecule has 0 saturated heterocycles. The Morgan fingerprint density at radius 2 is 1.98 bits per heavy atom. The maximum Gasteiger partial charge on any atom is 0.405 e. The molecule has 3 rings (SSSR count). The lowest BCUT2D eigenvalue weighted by molar-refractivity contribution is -0.123. The van der Waals surface area contributed by atoms with Gasteiger partial charge >= 0.3 is 6.09 Å². The molecular formula is C29H38FN7O5. The Morgan fingerprint density at radius 3 is 2.62 bits per heavy atom. The number of aryl methyl sites for hydroxylation is 1. The van der Waals surface area contributed by atoms with Crippen LogP contribution >= 0.6 is 0 Å². The summed E-state index contributed by atoms with van der Waals surface area (Å²) in [6, 6.07) is 2.03. The van der Waals surface area contributed by atoms with Gasteiger partial charge in [-0.1, -0.05) is 33.3 Å². The van der Waals surface area contributed by atoms with Crippen LogP contribution in [0.3, 0.4) is 0 Å². The van der Waals surface area contributed by atoms with Crippen molar-refractivity contribution in [3.05, 3.63) is 63.9 Å². The molecule has 4 N–H and O–H groups in total. The predicted octanol–water partition coefficient (Wildman–Crippen LogP) is 3.46. The number of hydrogen-bond donors (Lipinski definition) is 4. The lowest BCUT2D eigenvalue weighted by atomic mass is 10.1. The van der Waals surface area contributed by atoms with Crippen LogP contribution in [0.25, 0.3) is 11.0 Å². The summed E-state index contributed by atoms with van der Waals surface area (Å²) in [6.07, 6.45) is 4.88. The third-order valence-corrected chi connectivity index (χ3v) is 6.48. The molecule has 0 radical (unpaired) electrons. The summed E-state index contributed by atoms with van der Waals surface area (Å²) in [6.45, 7) is 6.02. The van der Waals surface area contributed by atoms with E-state index in [9.17, 15) is 28.7 Å². The van der Waals surface area contributed by atoms with Gasteiger partial charge in [0.1, 0.15) is 23.1 Å². The number of nitrogens with one attached hydrogen (secondary N) is 3. The first kappa shape index (κ1) is 32.0. The zero-order valence-corrected chi connectivity index (χ0v) is 24.5. The number of allylic oxidation sites excluding steroid dienone is 1. The fourth-order valence-corrected chi connectivity index (χ4v) is 4.42. The van der Waals surface area contributed by atoms with E-state index in [4.69, 9.17) is 0 Å². The molecule has 0 aliphatic heterocycles. The van der Waals surface area contributed by atoms with Gasteiger partial charge in [0.2, 0.25) is 11.8 Å². The van der Waals surface area contributed by atoms with Crippen molar-refractivity contribution in [3.8, 4) is 0 Å². The number of carbonyl (C=O) groups excluding carboxylic acids is 2. The second kappa shape index (κ2) is 14.4. The maximum absolute atomic E-state index is 14.6. The van der Waals surface area contributed by atoms with E-state index in [-0.39, 0.29) is 42.4 Å². The van der Waals surface area contributed by atoms with Gasteiger partial charge in [-0.05, 0) is 49.8 Å². The number of carbonyl (C=O) groups is 3. The van der Waals surface area contributed by atoms with Gasteiger partial charge in [0, 0.05) is 19.8 Å². The molecule has 12 nitrogen and oxygen atoms in total. The Kier molecular flexibility index (Phi) is 10.9. The second-order valence-corrected chi connectivity index (χ2v) is 10.6. The van der Waals surface area contributed by atoms with Crippen molar-refractivity contribution < 1.29 is 23.9 Å². The molecule has 1 unspecified atom stereocenters. The van der Waals surface area contributed by atoms with Crippen LogP contribution in [0.4, 0.5) is 14.9 Å². The maximum atomic E-state index is 14.6. The number of likely N-dealkylation sites (N-methyl/N-ethyl adjacent to an activating group) is 1. The smallest absolute Gasteiger partial charge is 0.405 e. The lowest BCUT2D eigenvalue weighted by Crippen LogP contribution is -2.44. The zero-order chi connectivity index (χ0) is 31.0. The van der Waals surface area contributed by atoms with Gasteiger partial charge in [-0.15, -0.1) is 0 Å². The minimum atomic E-state index is -1.40. The van der Waals surface area contributed by atoms with Crippen molar-refractivity contribution in [3.63, 3.8) is 0 Å². The Hall–Kier alpha value is -4.55. The van der Waals surface area contributed by atoms with Crippen LogP contribution in [0.2, 0.25) is 0 Å². The average molecular weight is 584 g/mol. The molecule has 3 heterocycles. The third kappa shape index (κ3) is 8.24. The van der Waals surface area contributed by atoms with Gasteiger partial charge in [0.05, 0.1) is 24.0 Å². The van der Waals surface area contributed by atoms with E-state index in [1.165, 1.54) is 21.6 Å². The van der Waals surface area contributed by atoms with Gasteiger partial charge < -0.3 is 30.2 Å². The largest absolute Gasteiger partial charge is 0.465 e. The van der Waals surface area contributed by atoms with Crippen molar-refractivity contribution in [2.24, 2.45) is 5.92 Å². The fraction of sp³-hybridized carbons (Fsp3) is 0.448. The number of anilines is 1. The summed E-state index contributed by atoms with van der Waals surface area (Å²) in [7, 11) is 3.20. The molecule has 1 atom stereocenters. The molecule has 0 spiro atoms. The van der Waals surface area contributed by atoms with Crippen molar-refractivity contribution in [1.29, 1.82) is 0 Å². The monoisotopic (exact) mass is 583 g/mol. The number of rotatable bonds is 13. The van der Waals surface area contributed by atoms with Gasteiger partial charge in [0.15, 0.2) is 5.82 Å². The van der Waals surface area contributed by atoms with Crippen LogP contribution in [0.1, 0.15) is 57.2 Å². The van der Waals surface area contributed by atoms with E-state index in [0.717, 1.165) is 12.6 Å². The van der Waals surface area contributed by atoms with Gasteiger partial charge in [-0.3, -0.25) is 19.4 Å². The molecule has 3 aromatic heterocycles. The van der Waals surface area contributed by atoms with Crippen LogP contribution in [0, 0.1) is 11.7 Å². The highest BCUT2D eigenvalue weighted by atomic mass is 19.1. The van der Waals surface area contributed by atoms with Crippen molar-refractivity contribution in [2.75, 3.05) is 19.4 Å². The Morgan fingerprint density at radius 1 is 1.24 bits per heavy atom. The van der Waals surface area contributed by atoms with Crippen molar-refractivity contribution in [2.45, 2.75) is 65.5 Å². The highest BCUT2D eigenvalue weighted by Gasteiger charge is 2.22.